The maximum atomic E-state index is 13.2. The summed E-state index contributed by atoms with van der Waals surface area (Å²) in [6.07, 6.45) is 6.17. The lowest BCUT2D eigenvalue weighted by Crippen LogP contribution is -2.55. The van der Waals surface area contributed by atoms with Crippen LogP contribution in [0.15, 0.2) is 0 Å². The van der Waals surface area contributed by atoms with Crippen molar-refractivity contribution in [3.8, 4) is 0 Å². The van der Waals surface area contributed by atoms with E-state index in [0.29, 0.717) is 0 Å². The first-order valence-electron chi connectivity index (χ1n) is 13.8. The van der Waals surface area contributed by atoms with E-state index in [-0.39, 0.29) is 37.5 Å². The molecule has 2 saturated carbocycles. The van der Waals surface area contributed by atoms with Crippen LogP contribution in [-0.4, -0.2) is 66.3 Å². The molecule has 0 spiro atoms. The standard InChI is InChI=1S/C27H45N3O8/c1-17(2)23(30-21(31)16-28-26(35)38-27(3,4)5)24(33)29-20(25(34)37-19-12-8-9-13-19)14-15-22(32)36-18-10-6-7-11-18/h17-20,23H,6-16H2,1-5H3,(H,28,35)(H,29,33)(H,30,31)/t20-,23+/m1/s1. The van der Waals surface area contributed by atoms with Gasteiger partial charge in [-0.15, -0.1) is 0 Å². The summed E-state index contributed by atoms with van der Waals surface area (Å²) in [4.78, 5) is 62.8. The minimum absolute atomic E-state index is 0.0296. The summed E-state index contributed by atoms with van der Waals surface area (Å²) in [7, 11) is 0. The van der Waals surface area contributed by atoms with Crippen LogP contribution in [0.25, 0.3) is 0 Å². The van der Waals surface area contributed by atoms with Crippen molar-refractivity contribution >= 4 is 29.8 Å². The number of carbonyl (C=O) groups is 5. The molecule has 38 heavy (non-hydrogen) atoms. The van der Waals surface area contributed by atoms with E-state index in [9.17, 15) is 24.0 Å². The zero-order chi connectivity index (χ0) is 28.3. The van der Waals surface area contributed by atoms with E-state index in [4.69, 9.17) is 14.2 Å². The number of rotatable bonds is 12. The fraction of sp³-hybridized carbons (Fsp3) is 0.815. The number of hydrogen-bond acceptors (Lipinski definition) is 8. The second-order valence-electron chi connectivity index (χ2n) is 11.5. The van der Waals surface area contributed by atoms with Crippen LogP contribution in [0.1, 0.15) is 98.8 Å². The molecule has 0 aromatic carbocycles. The lowest BCUT2D eigenvalue weighted by molar-refractivity contribution is -0.154. The quantitative estimate of drug-likeness (QED) is 0.253. The van der Waals surface area contributed by atoms with E-state index >= 15 is 0 Å². The van der Waals surface area contributed by atoms with Gasteiger partial charge >= 0.3 is 18.0 Å². The molecule has 0 bridgehead atoms. The molecular formula is C27H45N3O8. The zero-order valence-corrected chi connectivity index (χ0v) is 23.4. The van der Waals surface area contributed by atoms with Crippen molar-refractivity contribution in [2.24, 2.45) is 5.92 Å². The van der Waals surface area contributed by atoms with Gasteiger partial charge in [0, 0.05) is 6.42 Å². The van der Waals surface area contributed by atoms with Crippen molar-refractivity contribution in [3.05, 3.63) is 0 Å². The van der Waals surface area contributed by atoms with Gasteiger partial charge in [-0.05, 0) is 84.5 Å². The maximum absolute atomic E-state index is 13.2. The Labute approximate surface area is 225 Å². The Morgan fingerprint density at radius 2 is 1.39 bits per heavy atom. The molecule has 2 rings (SSSR count). The fourth-order valence-electron chi connectivity index (χ4n) is 4.50. The first kappa shape index (κ1) is 31.4. The third-order valence-corrected chi connectivity index (χ3v) is 6.48. The Kier molecular flexibility index (Phi) is 12.3. The van der Waals surface area contributed by atoms with E-state index in [2.05, 4.69) is 16.0 Å². The highest BCUT2D eigenvalue weighted by Gasteiger charge is 2.32. The van der Waals surface area contributed by atoms with Crippen LogP contribution in [0.3, 0.4) is 0 Å². The summed E-state index contributed by atoms with van der Waals surface area (Å²) < 4.78 is 16.2. The summed E-state index contributed by atoms with van der Waals surface area (Å²) in [5.74, 6) is -2.50. The van der Waals surface area contributed by atoms with Gasteiger partial charge in [-0.3, -0.25) is 14.4 Å². The zero-order valence-electron chi connectivity index (χ0n) is 23.4. The number of hydrogen-bond donors (Lipinski definition) is 3. The number of amides is 3. The molecule has 2 atom stereocenters. The molecule has 2 aliphatic carbocycles. The van der Waals surface area contributed by atoms with E-state index in [1.807, 2.05) is 0 Å². The summed E-state index contributed by atoms with van der Waals surface area (Å²) >= 11 is 0. The van der Waals surface area contributed by atoms with Crippen molar-refractivity contribution in [2.75, 3.05) is 6.54 Å². The van der Waals surface area contributed by atoms with Gasteiger partial charge in [0.2, 0.25) is 11.8 Å². The Bertz CT molecular complexity index is 827. The van der Waals surface area contributed by atoms with E-state index in [1.54, 1.807) is 34.6 Å². The van der Waals surface area contributed by atoms with Gasteiger partial charge in [0.05, 0.1) is 0 Å². The van der Waals surface area contributed by atoms with Crippen LogP contribution in [0.2, 0.25) is 0 Å². The summed E-state index contributed by atoms with van der Waals surface area (Å²) in [5.41, 5.74) is -0.716. The largest absolute Gasteiger partial charge is 0.462 e. The SMILES string of the molecule is CC(C)[C@H](NC(=O)CNC(=O)OC(C)(C)C)C(=O)N[C@H](CCC(=O)OC1CCCC1)C(=O)OC1CCCC1. The summed E-state index contributed by atoms with van der Waals surface area (Å²) in [5, 5.41) is 7.63. The molecule has 0 radical (unpaired) electrons. The topological polar surface area (TPSA) is 149 Å². The van der Waals surface area contributed by atoms with Crippen molar-refractivity contribution in [1.82, 2.24) is 16.0 Å². The minimum atomic E-state index is -1.06. The molecule has 3 amide bonds. The van der Waals surface area contributed by atoms with Gasteiger partial charge < -0.3 is 30.2 Å². The van der Waals surface area contributed by atoms with E-state index in [1.165, 1.54) is 0 Å². The molecule has 2 aliphatic rings. The monoisotopic (exact) mass is 539 g/mol. The molecule has 3 N–H and O–H groups in total. The van der Waals surface area contributed by atoms with Crippen molar-refractivity contribution < 1.29 is 38.2 Å². The van der Waals surface area contributed by atoms with Crippen LogP contribution >= 0.6 is 0 Å². The molecular weight excluding hydrogens is 494 g/mol. The molecule has 0 heterocycles. The molecule has 11 nitrogen and oxygen atoms in total. The van der Waals surface area contributed by atoms with Gasteiger partial charge in [0.1, 0.15) is 36.4 Å². The number of esters is 2. The number of nitrogens with one attached hydrogen (secondary N) is 3. The average molecular weight is 540 g/mol. The Morgan fingerprint density at radius 1 is 0.842 bits per heavy atom. The van der Waals surface area contributed by atoms with Crippen LogP contribution in [0, 0.1) is 5.92 Å². The first-order valence-corrected chi connectivity index (χ1v) is 13.8. The van der Waals surface area contributed by atoms with Crippen molar-refractivity contribution in [3.63, 3.8) is 0 Å². The van der Waals surface area contributed by atoms with Crippen LogP contribution < -0.4 is 16.0 Å². The normalized spacial score (nSPS) is 17.9. The predicted octanol–water partition coefficient (Wildman–Crippen LogP) is 2.89. The Hall–Kier alpha value is -2.85. The van der Waals surface area contributed by atoms with Crippen molar-refractivity contribution in [2.45, 2.75) is 129 Å². The maximum Gasteiger partial charge on any atom is 0.408 e. The average Bonchev–Trinajstić information content (AvgIpc) is 3.51. The molecule has 0 unspecified atom stereocenters. The smallest absolute Gasteiger partial charge is 0.408 e. The highest BCUT2D eigenvalue weighted by molar-refractivity contribution is 5.92. The van der Waals surface area contributed by atoms with Gasteiger partial charge in [-0.2, -0.15) is 0 Å². The van der Waals surface area contributed by atoms with Crippen LogP contribution in [0.5, 0.6) is 0 Å². The molecule has 0 saturated heterocycles. The number of ether oxygens (including phenoxy) is 3. The summed E-state index contributed by atoms with van der Waals surface area (Å²) in [6.45, 7) is 8.22. The molecule has 11 heteroatoms. The molecule has 0 aliphatic heterocycles. The highest BCUT2D eigenvalue weighted by atomic mass is 16.6. The fourth-order valence-corrected chi connectivity index (χ4v) is 4.50. The van der Waals surface area contributed by atoms with Gasteiger partial charge in [-0.1, -0.05) is 13.8 Å². The Morgan fingerprint density at radius 3 is 1.92 bits per heavy atom. The van der Waals surface area contributed by atoms with Gasteiger partial charge in [0.15, 0.2) is 0 Å². The van der Waals surface area contributed by atoms with Crippen LogP contribution in [0.4, 0.5) is 4.79 Å². The third kappa shape index (κ3) is 11.7. The minimum Gasteiger partial charge on any atom is -0.462 e. The van der Waals surface area contributed by atoms with Crippen molar-refractivity contribution in [1.29, 1.82) is 0 Å². The lowest BCUT2D eigenvalue weighted by Gasteiger charge is -2.26. The molecule has 216 valence electrons. The van der Waals surface area contributed by atoms with Crippen LogP contribution in [-0.2, 0) is 33.4 Å². The number of carbonyl (C=O) groups excluding carboxylic acids is 5. The second kappa shape index (κ2) is 14.9. The van der Waals surface area contributed by atoms with E-state index < -0.39 is 47.5 Å². The Balaban J connectivity index is 1.96. The summed E-state index contributed by atoms with van der Waals surface area (Å²) in [6, 6.07) is -2.03. The van der Waals surface area contributed by atoms with E-state index in [0.717, 1.165) is 51.4 Å². The number of alkyl carbamates (subject to hydrolysis) is 1. The van der Waals surface area contributed by atoms with Gasteiger partial charge in [0.25, 0.3) is 0 Å². The van der Waals surface area contributed by atoms with Gasteiger partial charge in [-0.25, -0.2) is 9.59 Å². The molecule has 0 aromatic heterocycles. The first-order chi connectivity index (χ1) is 17.8. The predicted molar refractivity (Wildman–Crippen MR) is 139 cm³/mol. The second-order valence-corrected chi connectivity index (χ2v) is 11.5. The third-order valence-electron chi connectivity index (χ3n) is 6.48. The molecule has 0 aromatic rings. The highest BCUT2D eigenvalue weighted by Crippen LogP contribution is 2.23. The lowest BCUT2D eigenvalue weighted by atomic mass is 10.0. The molecule has 2 fully saturated rings.